The van der Waals surface area contributed by atoms with Gasteiger partial charge >= 0.3 is 40.0 Å². The van der Waals surface area contributed by atoms with Gasteiger partial charge in [-0.05, 0) is 50.4 Å². The van der Waals surface area contributed by atoms with Crippen molar-refractivity contribution in [1.82, 2.24) is 0 Å². The van der Waals surface area contributed by atoms with Crippen LogP contribution in [-0.2, 0) is 21.2 Å². The average Bonchev–Trinajstić information content (AvgIpc) is 2.60. The molecule has 0 saturated heterocycles. The smallest absolute Gasteiger partial charge is 0.264 e. The minimum Gasteiger partial charge on any atom is -0.264 e. The molecule has 0 bridgehead atoms. The number of hydrogen-bond acceptors (Lipinski definition) is 3. The first-order valence-corrected chi connectivity index (χ1v) is 9.26. The fraction of sp³-hybridized carbons (Fsp3) is 0.100. The summed E-state index contributed by atoms with van der Waals surface area (Å²) < 4.78 is 35.9. The van der Waals surface area contributed by atoms with Gasteiger partial charge < -0.3 is 0 Å². The van der Waals surface area contributed by atoms with E-state index in [9.17, 15) is 8.42 Å². The van der Waals surface area contributed by atoms with Crippen molar-refractivity contribution in [3.8, 4) is 0 Å². The normalized spacial score (nSPS) is 11.8. The van der Waals surface area contributed by atoms with Gasteiger partial charge in [0.2, 0.25) is 0 Å². The second-order valence-electron chi connectivity index (χ2n) is 6.05. The van der Waals surface area contributed by atoms with E-state index in [4.69, 9.17) is 8.74 Å². The zero-order valence-corrected chi connectivity index (χ0v) is 17.4. The number of fused-ring (bicyclic) bond motifs is 4. The van der Waals surface area contributed by atoms with Gasteiger partial charge in [-0.3, -0.25) is 4.55 Å². The Labute approximate surface area is 174 Å². The van der Waals surface area contributed by atoms with Gasteiger partial charge in [-0.15, -0.1) is 0 Å². The summed E-state index contributed by atoms with van der Waals surface area (Å²) in [7, 11) is -4.51. The van der Waals surface area contributed by atoms with Crippen LogP contribution in [0.3, 0.4) is 0 Å². The van der Waals surface area contributed by atoms with Gasteiger partial charge in [0.25, 0.3) is 0 Å². The fourth-order valence-electron chi connectivity index (χ4n) is 3.57. The molecule has 0 fully saturated rings. The molecule has 4 nitrogen and oxygen atoms in total. The number of rotatable bonds is 3. The molecule has 4 aromatic rings. The van der Waals surface area contributed by atoms with Crippen LogP contribution in [0.5, 0.6) is 0 Å². The zero-order chi connectivity index (χ0) is 17.6. The molecule has 0 radical (unpaired) electrons. The second-order valence-corrected chi connectivity index (χ2v) is 7.14. The van der Waals surface area contributed by atoms with Gasteiger partial charge in [-0.2, -0.15) is 8.42 Å². The molecule has 0 amide bonds. The van der Waals surface area contributed by atoms with E-state index in [2.05, 4.69) is 19.1 Å². The largest absolute Gasteiger partial charge is 1.00 e. The van der Waals surface area contributed by atoms with Gasteiger partial charge in [-0.1, -0.05) is 60.7 Å². The molecule has 0 aliphatic heterocycles. The quantitative estimate of drug-likeness (QED) is 0.257. The molecule has 0 spiro atoms. The Morgan fingerprint density at radius 3 is 2.15 bits per heavy atom. The Balaban J connectivity index is 0.00000196. The van der Waals surface area contributed by atoms with Crippen molar-refractivity contribution in [2.24, 2.45) is 0 Å². The maximum atomic E-state index is 11.1. The van der Waals surface area contributed by atoms with Crippen LogP contribution in [0.15, 0.2) is 60.7 Å². The molecule has 0 saturated carbocycles. The van der Waals surface area contributed by atoms with Crippen molar-refractivity contribution < 1.29 is 46.7 Å². The van der Waals surface area contributed by atoms with E-state index in [0.717, 1.165) is 43.4 Å². The van der Waals surface area contributed by atoms with Crippen LogP contribution in [0, 0.1) is 6.92 Å². The Bertz CT molecular complexity index is 1230. The first kappa shape index (κ1) is 19.3. The maximum absolute atomic E-state index is 11.1. The summed E-state index contributed by atoms with van der Waals surface area (Å²) >= 11 is 0. The van der Waals surface area contributed by atoms with Crippen molar-refractivity contribution >= 4 is 42.7 Å². The maximum Gasteiger partial charge on any atom is 1.00 e. The van der Waals surface area contributed by atoms with E-state index in [1.807, 2.05) is 48.5 Å². The molecule has 126 valence electrons. The topological polar surface area (TPSA) is 63.6 Å². The summed E-state index contributed by atoms with van der Waals surface area (Å²) in [5, 5.41) is 6.20. The molecule has 0 aliphatic rings. The number of hydrogen-bond donors (Lipinski definition) is 1. The van der Waals surface area contributed by atoms with Crippen molar-refractivity contribution in [3.63, 3.8) is 0 Å². The second kappa shape index (κ2) is 7.27. The Hall–Kier alpha value is -1.47. The summed E-state index contributed by atoms with van der Waals surface area (Å²) in [5.74, 6) is 0. The molecular weight excluding hydrogens is 359 g/mol. The van der Waals surface area contributed by atoms with E-state index in [1.54, 1.807) is 0 Å². The summed E-state index contributed by atoms with van der Waals surface area (Å²) in [4.78, 5) is 0. The van der Waals surface area contributed by atoms with Crippen LogP contribution in [-0.4, -0.2) is 13.0 Å². The Morgan fingerprint density at radius 2 is 1.46 bits per heavy atom. The van der Waals surface area contributed by atoms with Crippen molar-refractivity contribution in [1.29, 1.82) is 0 Å². The fourth-order valence-corrected chi connectivity index (χ4v) is 3.84. The molecule has 0 aromatic heterocycles. The third kappa shape index (κ3) is 3.39. The van der Waals surface area contributed by atoms with Gasteiger partial charge in [0.1, 0.15) is 0 Å². The first-order chi connectivity index (χ1) is 12.0. The Kier molecular flexibility index (Phi) is 5.40. The number of benzene rings is 4. The summed E-state index contributed by atoms with van der Waals surface area (Å²) in [6.07, 6.45) is 0. The van der Waals surface area contributed by atoms with Gasteiger partial charge in [0, 0.05) is 0 Å². The average molecular weight is 375 g/mol. The molecule has 0 heterocycles. The summed E-state index contributed by atoms with van der Waals surface area (Å²) in [5.41, 5.74) is 1.89. The molecule has 26 heavy (non-hydrogen) atoms. The Morgan fingerprint density at radius 1 is 0.846 bits per heavy atom. The van der Waals surface area contributed by atoms with Crippen LogP contribution in [0.1, 0.15) is 11.1 Å². The number of aryl methyl sites for hydroxylation is 1. The standard InChI is InChI=1S/C20H16O4S.Na/c1-13-15-7-4-5-9-17(15)19(12-24-25(21,22)23)18-11-10-14-6-2-3-8-16(14)20(13)18;/h2-11H,12H2,1H3,(H,21,22,23);/q;+1. The zero-order valence-electron chi connectivity index (χ0n) is 14.6. The van der Waals surface area contributed by atoms with Crippen molar-refractivity contribution in [2.45, 2.75) is 13.5 Å². The predicted octanol–water partition coefficient (Wildman–Crippen LogP) is 1.78. The molecule has 0 aliphatic carbocycles. The van der Waals surface area contributed by atoms with E-state index in [1.165, 1.54) is 0 Å². The van der Waals surface area contributed by atoms with E-state index >= 15 is 0 Å². The van der Waals surface area contributed by atoms with Crippen molar-refractivity contribution in [2.75, 3.05) is 0 Å². The van der Waals surface area contributed by atoms with Crippen LogP contribution in [0.25, 0.3) is 32.3 Å². The minimum atomic E-state index is -4.51. The minimum absolute atomic E-state index is 0. The predicted molar refractivity (Wildman–Crippen MR) is 100 cm³/mol. The van der Waals surface area contributed by atoms with E-state index in [-0.39, 0.29) is 36.2 Å². The molecule has 1 N–H and O–H groups in total. The van der Waals surface area contributed by atoms with Gasteiger partial charge in [0.05, 0.1) is 6.61 Å². The van der Waals surface area contributed by atoms with E-state index < -0.39 is 10.4 Å². The van der Waals surface area contributed by atoms with Crippen LogP contribution < -0.4 is 29.6 Å². The first-order valence-electron chi connectivity index (χ1n) is 7.89. The third-order valence-electron chi connectivity index (χ3n) is 4.64. The molecule has 4 aromatic carbocycles. The SMILES string of the molecule is Cc1c2ccccc2c(COS(=O)(=O)O)c2ccc3ccccc3c12.[Na+]. The van der Waals surface area contributed by atoms with Crippen LogP contribution >= 0.6 is 0 Å². The van der Waals surface area contributed by atoms with Gasteiger partial charge in [-0.25, -0.2) is 4.18 Å². The van der Waals surface area contributed by atoms with Crippen LogP contribution in [0.2, 0.25) is 0 Å². The molecule has 0 unspecified atom stereocenters. The van der Waals surface area contributed by atoms with Gasteiger partial charge in [0.15, 0.2) is 0 Å². The van der Waals surface area contributed by atoms with E-state index in [0.29, 0.717) is 0 Å². The third-order valence-corrected chi connectivity index (χ3v) is 5.05. The summed E-state index contributed by atoms with van der Waals surface area (Å²) in [6, 6.07) is 19.9. The monoisotopic (exact) mass is 375 g/mol. The van der Waals surface area contributed by atoms with Crippen LogP contribution in [0.4, 0.5) is 0 Å². The molecular formula is C20H16NaO4S+. The van der Waals surface area contributed by atoms with Crippen molar-refractivity contribution in [3.05, 3.63) is 71.8 Å². The molecule has 0 atom stereocenters. The summed E-state index contributed by atoms with van der Waals surface area (Å²) in [6.45, 7) is 1.86. The molecule has 4 rings (SSSR count). The molecule has 6 heteroatoms.